The van der Waals surface area contributed by atoms with Crippen LogP contribution >= 0.6 is 0 Å². The summed E-state index contributed by atoms with van der Waals surface area (Å²) in [6.07, 6.45) is 0.301. The first-order chi connectivity index (χ1) is 15.4. The first-order valence-electron chi connectivity index (χ1n) is 9.60. The summed E-state index contributed by atoms with van der Waals surface area (Å²) >= 11 is 0. The Balaban J connectivity index is 1.83. The fourth-order valence-corrected chi connectivity index (χ4v) is 3.35. The molecular weight excluding hydrogens is 417 g/mol. The molecule has 0 spiro atoms. The third kappa shape index (κ3) is 3.77. The predicted octanol–water partition coefficient (Wildman–Crippen LogP) is 1.02. The minimum Gasteiger partial charge on any atom is -0.491 e. The molecule has 0 radical (unpaired) electrons. The summed E-state index contributed by atoms with van der Waals surface area (Å²) in [6.45, 7) is 0.301. The number of hydrogen-bond acceptors (Lipinski definition) is 6. The summed E-state index contributed by atoms with van der Waals surface area (Å²) in [5.74, 6) is 3.51. The van der Waals surface area contributed by atoms with Gasteiger partial charge >= 0.3 is 0 Å². The number of carbonyl (C=O) groups is 2. The molecule has 9 nitrogen and oxygen atoms in total. The van der Waals surface area contributed by atoms with Gasteiger partial charge in [-0.1, -0.05) is 17.9 Å². The number of aliphatic hydroxyl groups is 1. The maximum atomic E-state index is 14.7. The Morgan fingerprint density at radius 1 is 1.38 bits per heavy atom. The number of halogens is 1. The molecule has 2 aromatic heterocycles. The molecule has 0 bridgehead atoms. The number of primary amides is 1. The zero-order valence-electron chi connectivity index (χ0n) is 16.9. The van der Waals surface area contributed by atoms with Crippen LogP contribution in [0.4, 0.5) is 4.39 Å². The second-order valence-electron chi connectivity index (χ2n) is 6.83. The number of carbonyl (C=O) groups excluding carboxylic acids is 2. The molecule has 10 heteroatoms. The zero-order chi connectivity index (χ0) is 22.8. The van der Waals surface area contributed by atoms with Crippen molar-refractivity contribution in [2.24, 2.45) is 5.73 Å². The number of aromatic nitrogens is 3. The summed E-state index contributed by atoms with van der Waals surface area (Å²) in [6, 6.07) is 7.55. The van der Waals surface area contributed by atoms with Gasteiger partial charge in [-0.2, -0.15) is 0 Å². The lowest BCUT2D eigenvalue weighted by Gasteiger charge is -2.08. The first kappa shape index (κ1) is 21.0. The monoisotopic (exact) mass is 435 g/mol. The van der Waals surface area contributed by atoms with Gasteiger partial charge in [-0.25, -0.2) is 9.37 Å². The van der Waals surface area contributed by atoms with Crippen molar-refractivity contribution in [1.82, 2.24) is 19.9 Å². The molecular formula is C22H18FN5O4. The number of amides is 2. The van der Waals surface area contributed by atoms with Crippen LogP contribution < -0.4 is 15.8 Å². The van der Waals surface area contributed by atoms with E-state index in [2.05, 4.69) is 27.1 Å². The van der Waals surface area contributed by atoms with Gasteiger partial charge in [0.25, 0.3) is 11.8 Å². The average Bonchev–Trinajstić information content (AvgIpc) is 3.09. The molecule has 1 aliphatic rings. The van der Waals surface area contributed by atoms with Crippen molar-refractivity contribution in [3.8, 4) is 29.0 Å². The van der Waals surface area contributed by atoms with Crippen molar-refractivity contribution in [2.75, 3.05) is 13.7 Å². The molecule has 4 N–H and O–H groups in total. The van der Waals surface area contributed by atoms with E-state index in [1.807, 2.05) is 0 Å². The number of ether oxygens (including phenoxy) is 1. The largest absolute Gasteiger partial charge is 0.491 e. The Labute approximate surface area is 182 Å². The van der Waals surface area contributed by atoms with E-state index < -0.39 is 23.7 Å². The molecule has 1 atom stereocenters. The van der Waals surface area contributed by atoms with Gasteiger partial charge < -0.3 is 25.5 Å². The van der Waals surface area contributed by atoms with Crippen LogP contribution in [0.1, 0.15) is 38.3 Å². The van der Waals surface area contributed by atoms with Crippen LogP contribution in [-0.4, -0.2) is 45.1 Å². The van der Waals surface area contributed by atoms with Crippen LogP contribution in [0.2, 0.25) is 0 Å². The highest BCUT2D eigenvalue weighted by Crippen LogP contribution is 2.35. The molecule has 4 rings (SSSR count). The van der Waals surface area contributed by atoms with E-state index in [1.54, 1.807) is 18.2 Å². The number of aliphatic hydroxyl groups excluding tert-OH is 1. The molecule has 2 amide bonds. The third-order valence-corrected chi connectivity index (χ3v) is 4.84. The van der Waals surface area contributed by atoms with Crippen LogP contribution in [0, 0.1) is 17.7 Å². The maximum Gasteiger partial charge on any atom is 0.270 e. The Bertz CT molecular complexity index is 1280. The fraction of sp³-hybridized carbons (Fsp3) is 0.182. The molecule has 0 unspecified atom stereocenters. The summed E-state index contributed by atoms with van der Waals surface area (Å²) in [7, 11) is 1.42. The Morgan fingerprint density at radius 3 is 2.88 bits per heavy atom. The van der Waals surface area contributed by atoms with Crippen molar-refractivity contribution in [1.29, 1.82) is 0 Å². The second kappa shape index (κ2) is 8.49. The summed E-state index contributed by atoms with van der Waals surface area (Å²) in [5.41, 5.74) is 5.86. The molecule has 1 aromatic carbocycles. The molecule has 1 aliphatic heterocycles. The Morgan fingerprint density at radius 2 is 2.19 bits per heavy atom. The normalized spacial score (nSPS) is 12.8. The van der Waals surface area contributed by atoms with Crippen molar-refractivity contribution in [3.63, 3.8) is 0 Å². The molecule has 0 aliphatic carbocycles. The molecule has 3 aromatic rings. The summed E-state index contributed by atoms with van der Waals surface area (Å²) in [5, 5.41) is 12.7. The molecule has 0 saturated heterocycles. The summed E-state index contributed by atoms with van der Waals surface area (Å²) in [4.78, 5) is 32.6. The second-order valence-corrected chi connectivity index (χ2v) is 6.83. The van der Waals surface area contributed by atoms with Gasteiger partial charge in [-0.3, -0.25) is 14.6 Å². The van der Waals surface area contributed by atoms with E-state index in [0.29, 0.717) is 11.3 Å². The number of fused-ring (bicyclic) bond motifs is 3. The fourth-order valence-electron chi connectivity index (χ4n) is 3.35. The van der Waals surface area contributed by atoms with Crippen molar-refractivity contribution >= 4 is 11.8 Å². The van der Waals surface area contributed by atoms with Gasteiger partial charge in [0.15, 0.2) is 11.8 Å². The highest BCUT2D eigenvalue weighted by atomic mass is 19.1. The number of nitrogens with one attached hydrogen (secondary N) is 1. The molecule has 32 heavy (non-hydrogen) atoms. The average molecular weight is 435 g/mol. The lowest BCUT2D eigenvalue weighted by molar-refractivity contribution is 0.0933. The molecule has 162 valence electrons. The van der Waals surface area contributed by atoms with E-state index in [9.17, 15) is 19.1 Å². The van der Waals surface area contributed by atoms with Crippen molar-refractivity contribution in [2.45, 2.75) is 12.6 Å². The van der Waals surface area contributed by atoms with E-state index >= 15 is 0 Å². The Hall–Kier alpha value is -4.23. The van der Waals surface area contributed by atoms with Gasteiger partial charge in [0.1, 0.15) is 29.7 Å². The number of hydrogen-bond donors (Lipinski definition) is 3. The van der Waals surface area contributed by atoms with Crippen LogP contribution in [0.3, 0.4) is 0 Å². The molecule has 0 saturated carbocycles. The predicted molar refractivity (Wildman–Crippen MR) is 111 cm³/mol. The summed E-state index contributed by atoms with van der Waals surface area (Å²) < 4.78 is 21.8. The highest BCUT2D eigenvalue weighted by Gasteiger charge is 2.29. The number of nitrogens with two attached hydrogens (primary N) is 1. The van der Waals surface area contributed by atoms with Gasteiger partial charge in [0.05, 0.1) is 23.4 Å². The topological polar surface area (TPSA) is 132 Å². The number of rotatable bonds is 3. The first-order valence-corrected chi connectivity index (χ1v) is 9.60. The van der Waals surface area contributed by atoms with Crippen LogP contribution in [0.15, 0.2) is 36.5 Å². The van der Waals surface area contributed by atoms with E-state index in [-0.39, 0.29) is 41.7 Å². The van der Waals surface area contributed by atoms with Crippen molar-refractivity contribution < 1.29 is 23.8 Å². The van der Waals surface area contributed by atoms with Crippen LogP contribution in [0.25, 0.3) is 11.4 Å². The van der Waals surface area contributed by atoms with Crippen LogP contribution in [-0.2, 0) is 6.54 Å². The van der Waals surface area contributed by atoms with Gasteiger partial charge in [0, 0.05) is 19.3 Å². The number of benzene rings is 1. The standard InChI is InChI=1S/C22H18FN5O4/c1-25-22(31)19-18(20(24)30)27-21-13-10-12(5-6-16(29)15-4-2-3-7-26-15)14(23)11-17(13)32-9-8-28(19)21/h2-4,7,10-11,16,29H,8-9H2,1H3,(H2,24,30)(H,25,31)/t16-/m0/s1. The SMILES string of the molecule is CNC(=O)c1c(C(N)=O)nc2n1CCOc1cc(F)c(C#C[C@H](O)c3ccccn3)cc1-2. The maximum absolute atomic E-state index is 14.7. The van der Waals surface area contributed by atoms with Crippen molar-refractivity contribution in [3.05, 3.63) is 65.0 Å². The lowest BCUT2D eigenvalue weighted by atomic mass is 10.1. The quantitative estimate of drug-likeness (QED) is 0.526. The zero-order valence-corrected chi connectivity index (χ0v) is 16.9. The minimum atomic E-state index is -1.21. The van der Waals surface area contributed by atoms with Crippen LogP contribution in [0.5, 0.6) is 5.75 Å². The van der Waals surface area contributed by atoms with Gasteiger partial charge in [-0.15, -0.1) is 0 Å². The number of pyridine rings is 1. The third-order valence-electron chi connectivity index (χ3n) is 4.84. The number of imidazole rings is 1. The van der Waals surface area contributed by atoms with Gasteiger partial charge in [-0.05, 0) is 18.2 Å². The van der Waals surface area contributed by atoms with E-state index in [1.165, 1.54) is 23.9 Å². The minimum absolute atomic E-state index is 0.00557. The number of nitrogens with zero attached hydrogens (tertiary/aromatic N) is 3. The smallest absolute Gasteiger partial charge is 0.270 e. The Kier molecular flexibility index (Phi) is 5.57. The van der Waals surface area contributed by atoms with E-state index in [0.717, 1.165) is 6.07 Å². The van der Waals surface area contributed by atoms with Gasteiger partial charge in [0.2, 0.25) is 0 Å². The molecule has 0 fully saturated rings. The molecule has 3 heterocycles. The lowest BCUT2D eigenvalue weighted by Crippen LogP contribution is -2.26. The van der Waals surface area contributed by atoms with E-state index in [4.69, 9.17) is 10.5 Å². The highest BCUT2D eigenvalue weighted by molar-refractivity contribution is 6.05.